The van der Waals surface area contributed by atoms with Crippen LogP contribution in [0.2, 0.25) is 0 Å². The molecule has 0 bridgehead atoms. The number of pyridine rings is 1. The third kappa shape index (κ3) is 4.16. The third-order valence-electron chi connectivity index (χ3n) is 3.16. The number of ether oxygens (including phenoxy) is 1. The first kappa shape index (κ1) is 14.2. The Bertz CT molecular complexity index is 523. The normalized spacial score (nSPS) is 11.9. The van der Waals surface area contributed by atoms with Gasteiger partial charge in [-0.3, -0.25) is 0 Å². The standard InChI is InChI=1S/C16H20N2O2/c1-12(3-4-13-5-8-15(19)9-6-13)18-14-7-10-16(20-2)17-11-14/h5-12,18-19H,3-4H2,1-2H3. The summed E-state index contributed by atoms with van der Waals surface area (Å²) in [6.45, 7) is 2.14. The third-order valence-corrected chi connectivity index (χ3v) is 3.16. The first-order valence-corrected chi connectivity index (χ1v) is 6.72. The second kappa shape index (κ2) is 6.80. The molecule has 1 unspecified atom stereocenters. The number of benzene rings is 1. The molecule has 0 aliphatic rings. The van der Waals surface area contributed by atoms with Crippen LogP contribution in [0.1, 0.15) is 18.9 Å². The van der Waals surface area contributed by atoms with Crippen LogP contribution in [0.15, 0.2) is 42.6 Å². The number of nitrogens with zero attached hydrogens (tertiary/aromatic N) is 1. The lowest BCUT2D eigenvalue weighted by Crippen LogP contribution is -2.16. The zero-order chi connectivity index (χ0) is 14.4. The lowest BCUT2D eigenvalue weighted by atomic mass is 10.1. The van der Waals surface area contributed by atoms with Crippen molar-refractivity contribution in [1.29, 1.82) is 0 Å². The van der Waals surface area contributed by atoms with Crippen LogP contribution in [0.3, 0.4) is 0 Å². The van der Waals surface area contributed by atoms with Crippen molar-refractivity contribution in [2.24, 2.45) is 0 Å². The fourth-order valence-corrected chi connectivity index (χ4v) is 1.99. The Labute approximate surface area is 119 Å². The number of phenolic OH excluding ortho intramolecular Hbond substituents is 1. The summed E-state index contributed by atoms with van der Waals surface area (Å²) in [5.41, 5.74) is 2.22. The average Bonchev–Trinajstić information content (AvgIpc) is 2.47. The highest BCUT2D eigenvalue weighted by atomic mass is 16.5. The van der Waals surface area contributed by atoms with Crippen LogP contribution >= 0.6 is 0 Å². The van der Waals surface area contributed by atoms with E-state index in [4.69, 9.17) is 4.74 Å². The van der Waals surface area contributed by atoms with Crippen LogP contribution in [0, 0.1) is 0 Å². The minimum absolute atomic E-state index is 0.309. The molecule has 0 spiro atoms. The maximum absolute atomic E-state index is 9.24. The number of methoxy groups -OCH3 is 1. The largest absolute Gasteiger partial charge is 0.508 e. The number of hydrogen-bond donors (Lipinski definition) is 2. The number of aromatic hydroxyl groups is 1. The summed E-state index contributed by atoms with van der Waals surface area (Å²) in [6, 6.07) is 11.5. The molecule has 0 radical (unpaired) electrons. The van der Waals surface area contributed by atoms with E-state index < -0.39 is 0 Å². The molecule has 0 amide bonds. The van der Waals surface area contributed by atoms with Gasteiger partial charge in [-0.2, -0.15) is 0 Å². The summed E-state index contributed by atoms with van der Waals surface area (Å²) in [5, 5.41) is 12.6. The van der Waals surface area contributed by atoms with E-state index >= 15 is 0 Å². The Morgan fingerprint density at radius 3 is 2.55 bits per heavy atom. The van der Waals surface area contributed by atoms with E-state index in [2.05, 4.69) is 17.2 Å². The van der Waals surface area contributed by atoms with Crippen LogP contribution in [-0.4, -0.2) is 23.2 Å². The highest BCUT2D eigenvalue weighted by Gasteiger charge is 2.04. The average molecular weight is 272 g/mol. The second-order valence-electron chi connectivity index (χ2n) is 4.84. The molecule has 0 saturated carbocycles. The minimum atomic E-state index is 0.309. The van der Waals surface area contributed by atoms with Crippen LogP contribution in [0.4, 0.5) is 5.69 Å². The van der Waals surface area contributed by atoms with Crippen molar-refractivity contribution >= 4 is 5.69 Å². The molecule has 0 fully saturated rings. The molecule has 2 aromatic rings. The Morgan fingerprint density at radius 2 is 1.95 bits per heavy atom. The Kier molecular flexibility index (Phi) is 4.82. The van der Waals surface area contributed by atoms with Gasteiger partial charge in [0.25, 0.3) is 0 Å². The fraction of sp³-hybridized carbons (Fsp3) is 0.312. The lowest BCUT2D eigenvalue weighted by molar-refractivity contribution is 0.398. The van der Waals surface area contributed by atoms with Crippen LogP contribution in [-0.2, 0) is 6.42 Å². The van der Waals surface area contributed by atoms with Crippen molar-refractivity contribution in [2.75, 3.05) is 12.4 Å². The van der Waals surface area contributed by atoms with Gasteiger partial charge in [0.1, 0.15) is 5.75 Å². The molecule has 1 heterocycles. The molecule has 2 N–H and O–H groups in total. The predicted molar refractivity (Wildman–Crippen MR) is 80.3 cm³/mol. The second-order valence-corrected chi connectivity index (χ2v) is 4.84. The van der Waals surface area contributed by atoms with Crippen LogP contribution < -0.4 is 10.1 Å². The van der Waals surface area contributed by atoms with E-state index in [9.17, 15) is 5.11 Å². The molecule has 1 atom stereocenters. The molecule has 4 heteroatoms. The van der Waals surface area contributed by atoms with Crippen molar-refractivity contribution in [3.63, 3.8) is 0 Å². The van der Waals surface area contributed by atoms with Crippen molar-refractivity contribution in [3.8, 4) is 11.6 Å². The summed E-state index contributed by atoms with van der Waals surface area (Å²) in [4.78, 5) is 4.17. The summed E-state index contributed by atoms with van der Waals surface area (Å²) in [5.74, 6) is 0.927. The molecular weight excluding hydrogens is 252 g/mol. The highest BCUT2D eigenvalue weighted by Crippen LogP contribution is 2.15. The van der Waals surface area contributed by atoms with E-state index in [1.165, 1.54) is 5.56 Å². The van der Waals surface area contributed by atoms with E-state index in [1.807, 2.05) is 24.3 Å². The monoisotopic (exact) mass is 272 g/mol. The molecule has 0 aliphatic heterocycles. The van der Waals surface area contributed by atoms with Crippen molar-refractivity contribution < 1.29 is 9.84 Å². The van der Waals surface area contributed by atoms with Gasteiger partial charge in [-0.05, 0) is 43.5 Å². The van der Waals surface area contributed by atoms with Gasteiger partial charge in [0.05, 0.1) is 19.0 Å². The summed E-state index contributed by atoms with van der Waals surface area (Å²) >= 11 is 0. The van der Waals surface area contributed by atoms with E-state index in [1.54, 1.807) is 25.4 Å². The number of phenols is 1. The van der Waals surface area contributed by atoms with Gasteiger partial charge in [-0.15, -0.1) is 0 Å². The van der Waals surface area contributed by atoms with Gasteiger partial charge in [0, 0.05) is 12.1 Å². The number of anilines is 1. The summed E-state index contributed by atoms with van der Waals surface area (Å²) in [6.07, 6.45) is 3.75. The lowest BCUT2D eigenvalue weighted by Gasteiger charge is -2.15. The first-order chi connectivity index (χ1) is 9.67. The topological polar surface area (TPSA) is 54.4 Å². The summed E-state index contributed by atoms with van der Waals surface area (Å²) < 4.78 is 5.03. The van der Waals surface area contributed by atoms with Gasteiger partial charge in [-0.25, -0.2) is 4.98 Å². The Hall–Kier alpha value is -2.23. The van der Waals surface area contributed by atoms with E-state index in [0.29, 0.717) is 17.7 Å². The highest BCUT2D eigenvalue weighted by molar-refractivity contribution is 5.42. The number of aryl methyl sites for hydroxylation is 1. The molecule has 4 nitrogen and oxygen atoms in total. The SMILES string of the molecule is COc1ccc(NC(C)CCc2ccc(O)cc2)cn1. The van der Waals surface area contributed by atoms with Gasteiger partial charge in [0.2, 0.25) is 5.88 Å². The summed E-state index contributed by atoms with van der Waals surface area (Å²) in [7, 11) is 1.61. The molecule has 20 heavy (non-hydrogen) atoms. The fourth-order valence-electron chi connectivity index (χ4n) is 1.99. The van der Waals surface area contributed by atoms with Gasteiger partial charge >= 0.3 is 0 Å². The Balaban J connectivity index is 1.82. The van der Waals surface area contributed by atoms with Crippen LogP contribution in [0.5, 0.6) is 11.6 Å². The van der Waals surface area contributed by atoms with Gasteiger partial charge in [0.15, 0.2) is 0 Å². The number of aromatic nitrogens is 1. The van der Waals surface area contributed by atoms with Gasteiger partial charge < -0.3 is 15.2 Å². The minimum Gasteiger partial charge on any atom is -0.508 e. The molecule has 1 aromatic heterocycles. The van der Waals surface area contributed by atoms with Crippen LogP contribution in [0.25, 0.3) is 0 Å². The van der Waals surface area contributed by atoms with Crippen molar-refractivity contribution in [2.45, 2.75) is 25.8 Å². The van der Waals surface area contributed by atoms with Crippen molar-refractivity contribution in [3.05, 3.63) is 48.2 Å². The molecule has 0 aliphatic carbocycles. The first-order valence-electron chi connectivity index (χ1n) is 6.72. The van der Waals surface area contributed by atoms with Crippen molar-refractivity contribution in [1.82, 2.24) is 4.98 Å². The zero-order valence-corrected chi connectivity index (χ0v) is 11.8. The smallest absolute Gasteiger partial charge is 0.213 e. The molecular formula is C16H20N2O2. The van der Waals surface area contributed by atoms with E-state index in [-0.39, 0.29) is 0 Å². The molecule has 0 saturated heterocycles. The quantitative estimate of drug-likeness (QED) is 0.847. The maximum atomic E-state index is 9.24. The maximum Gasteiger partial charge on any atom is 0.213 e. The van der Waals surface area contributed by atoms with E-state index in [0.717, 1.165) is 18.5 Å². The molecule has 2 rings (SSSR count). The predicted octanol–water partition coefficient (Wildman–Crippen LogP) is 3.23. The number of nitrogens with one attached hydrogen (secondary N) is 1. The number of hydrogen-bond acceptors (Lipinski definition) is 4. The van der Waals surface area contributed by atoms with Gasteiger partial charge in [-0.1, -0.05) is 12.1 Å². The zero-order valence-electron chi connectivity index (χ0n) is 11.8. The Morgan fingerprint density at radius 1 is 1.20 bits per heavy atom. The number of rotatable bonds is 6. The molecule has 106 valence electrons. The molecule has 1 aromatic carbocycles.